The van der Waals surface area contributed by atoms with E-state index in [0.29, 0.717) is 41.3 Å². The highest BCUT2D eigenvalue weighted by atomic mass is 32.2. The smallest absolute Gasteiger partial charge is 0.274 e. The summed E-state index contributed by atoms with van der Waals surface area (Å²) in [7, 11) is -3.73. The van der Waals surface area contributed by atoms with Crippen LogP contribution in [0.15, 0.2) is 63.5 Å². The Balaban J connectivity index is 1.50. The van der Waals surface area contributed by atoms with Crippen LogP contribution in [0, 0.1) is 0 Å². The summed E-state index contributed by atoms with van der Waals surface area (Å²) in [5.74, 6) is 0.955. The molecule has 0 saturated heterocycles. The highest BCUT2D eigenvalue weighted by molar-refractivity contribution is 7.91. The maximum Gasteiger partial charge on any atom is 0.274 e. The highest BCUT2D eigenvalue weighted by Crippen LogP contribution is 2.27. The molecule has 0 saturated carbocycles. The molecular weight excluding hydrogens is 410 g/mol. The standard InChI is InChI=1S/C19H15N5O5S/c25-19-16-3-2-14(30(26,27)15-9-20-21-10-15)7-12(16)8-22-24(19)11-13-1-4-17-18(23-13)29-6-5-28-17/h1-4,7-10H,5-6,11H2,(H,20,21). The van der Waals surface area contributed by atoms with Crippen LogP contribution in [0.25, 0.3) is 10.8 Å². The summed E-state index contributed by atoms with van der Waals surface area (Å²) in [5, 5.41) is 11.1. The third-order valence-electron chi connectivity index (χ3n) is 4.69. The van der Waals surface area contributed by atoms with Crippen LogP contribution in [0.3, 0.4) is 0 Å². The normalized spacial score (nSPS) is 13.5. The lowest BCUT2D eigenvalue weighted by atomic mass is 10.2. The van der Waals surface area contributed by atoms with Crippen molar-refractivity contribution in [3.8, 4) is 11.6 Å². The molecule has 1 N–H and O–H groups in total. The fourth-order valence-corrected chi connectivity index (χ4v) is 4.38. The topological polar surface area (TPSA) is 129 Å². The second kappa shape index (κ2) is 6.95. The molecule has 4 heterocycles. The van der Waals surface area contributed by atoms with E-state index in [0.717, 1.165) is 0 Å². The van der Waals surface area contributed by atoms with Crippen molar-refractivity contribution in [3.63, 3.8) is 0 Å². The number of aromatic amines is 1. The van der Waals surface area contributed by atoms with E-state index in [2.05, 4.69) is 20.3 Å². The van der Waals surface area contributed by atoms with Gasteiger partial charge in [-0.3, -0.25) is 9.89 Å². The first kappa shape index (κ1) is 18.3. The highest BCUT2D eigenvalue weighted by Gasteiger charge is 2.20. The van der Waals surface area contributed by atoms with Crippen LogP contribution in [-0.4, -0.2) is 46.6 Å². The predicted octanol–water partition coefficient (Wildman–Crippen LogP) is 1.17. The molecule has 4 aromatic rings. The summed E-state index contributed by atoms with van der Waals surface area (Å²) in [4.78, 5) is 17.3. The third kappa shape index (κ3) is 3.08. The van der Waals surface area contributed by atoms with E-state index in [1.54, 1.807) is 12.1 Å². The molecule has 11 heteroatoms. The van der Waals surface area contributed by atoms with Gasteiger partial charge in [-0.1, -0.05) is 0 Å². The number of benzene rings is 1. The minimum absolute atomic E-state index is 0.0489. The minimum Gasteiger partial charge on any atom is -0.484 e. The number of pyridine rings is 1. The number of rotatable bonds is 4. The molecule has 10 nitrogen and oxygen atoms in total. The molecule has 0 bridgehead atoms. The van der Waals surface area contributed by atoms with Gasteiger partial charge in [0.25, 0.3) is 11.4 Å². The van der Waals surface area contributed by atoms with Crippen LogP contribution < -0.4 is 15.0 Å². The Labute approximate surface area is 170 Å². The maximum absolute atomic E-state index is 12.9. The second-order valence-electron chi connectivity index (χ2n) is 6.60. The van der Waals surface area contributed by atoms with Crippen molar-refractivity contribution in [2.45, 2.75) is 16.3 Å². The number of sulfone groups is 1. The molecule has 0 atom stereocenters. The van der Waals surface area contributed by atoms with Gasteiger partial charge >= 0.3 is 0 Å². The molecule has 30 heavy (non-hydrogen) atoms. The van der Waals surface area contributed by atoms with Crippen molar-refractivity contribution >= 4 is 20.6 Å². The Morgan fingerprint density at radius 2 is 1.93 bits per heavy atom. The van der Waals surface area contributed by atoms with E-state index in [-0.39, 0.29) is 21.9 Å². The second-order valence-corrected chi connectivity index (χ2v) is 8.55. The van der Waals surface area contributed by atoms with Crippen LogP contribution in [0.4, 0.5) is 0 Å². The molecule has 1 aliphatic rings. The van der Waals surface area contributed by atoms with Crippen molar-refractivity contribution in [3.05, 3.63) is 65.0 Å². The molecule has 0 amide bonds. The van der Waals surface area contributed by atoms with E-state index < -0.39 is 9.84 Å². The van der Waals surface area contributed by atoms with E-state index in [1.165, 1.54) is 41.5 Å². The summed E-state index contributed by atoms with van der Waals surface area (Å²) >= 11 is 0. The first-order valence-corrected chi connectivity index (χ1v) is 10.5. The molecule has 5 rings (SSSR count). The molecule has 152 valence electrons. The zero-order chi connectivity index (χ0) is 20.7. The third-order valence-corrected chi connectivity index (χ3v) is 6.41. The predicted molar refractivity (Wildman–Crippen MR) is 104 cm³/mol. The van der Waals surface area contributed by atoms with Gasteiger partial charge in [0.1, 0.15) is 18.1 Å². The fourth-order valence-electron chi connectivity index (χ4n) is 3.18. The number of aromatic nitrogens is 5. The van der Waals surface area contributed by atoms with E-state index in [1.807, 2.05) is 0 Å². The molecule has 0 aliphatic carbocycles. The number of nitrogens with zero attached hydrogens (tertiary/aromatic N) is 4. The van der Waals surface area contributed by atoms with Gasteiger partial charge in [0, 0.05) is 11.6 Å². The number of ether oxygens (including phenoxy) is 2. The molecule has 1 aromatic carbocycles. The molecule has 0 spiro atoms. The Morgan fingerprint density at radius 1 is 1.07 bits per heavy atom. The van der Waals surface area contributed by atoms with Crippen molar-refractivity contribution in [2.75, 3.05) is 13.2 Å². The molecule has 0 unspecified atom stereocenters. The Morgan fingerprint density at radius 3 is 2.77 bits per heavy atom. The monoisotopic (exact) mass is 425 g/mol. The first-order chi connectivity index (χ1) is 14.5. The van der Waals surface area contributed by atoms with Gasteiger partial charge in [-0.25, -0.2) is 18.1 Å². The number of hydrogen-bond acceptors (Lipinski definition) is 8. The average Bonchev–Trinajstić information content (AvgIpc) is 3.31. The fraction of sp³-hybridized carbons (Fsp3) is 0.158. The van der Waals surface area contributed by atoms with Gasteiger partial charge in [-0.2, -0.15) is 10.2 Å². The van der Waals surface area contributed by atoms with Gasteiger partial charge in [-0.05, 0) is 30.3 Å². The Kier molecular flexibility index (Phi) is 4.24. The first-order valence-electron chi connectivity index (χ1n) is 9.02. The molecule has 3 aromatic heterocycles. The lowest BCUT2D eigenvalue weighted by molar-refractivity contribution is 0.164. The summed E-state index contributed by atoms with van der Waals surface area (Å²) in [5.41, 5.74) is 0.240. The van der Waals surface area contributed by atoms with Crippen molar-refractivity contribution < 1.29 is 17.9 Å². The summed E-state index contributed by atoms with van der Waals surface area (Å²) in [6, 6.07) is 7.81. The average molecular weight is 425 g/mol. The lowest BCUT2D eigenvalue weighted by Crippen LogP contribution is -2.24. The van der Waals surface area contributed by atoms with Gasteiger partial charge in [-0.15, -0.1) is 0 Å². The van der Waals surface area contributed by atoms with E-state index in [4.69, 9.17) is 9.47 Å². The van der Waals surface area contributed by atoms with Gasteiger partial charge in [0.15, 0.2) is 5.75 Å². The van der Waals surface area contributed by atoms with E-state index in [9.17, 15) is 13.2 Å². The maximum atomic E-state index is 12.9. The van der Waals surface area contributed by atoms with Crippen LogP contribution in [-0.2, 0) is 16.4 Å². The van der Waals surface area contributed by atoms with Crippen LogP contribution in [0.5, 0.6) is 11.6 Å². The Hall–Kier alpha value is -3.73. The van der Waals surface area contributed by atoms with Crippen molar-refractivity contribution in [1.82, 2.24) is 25.0 Å². The lowest BCUT2D eigenvalue weighted by Gasteiger charge is -2.17. The molecular formula is C19H15N5O5S. The van der Waals surface area contributed by atoms with Gasteiger partial charge in [0.05, 0.1) is 34.9 Å². The van der Waals surface area contributed by atoms with Crippen LogP contribution in [0.2, 0.25) is 0 Å². The van der Waals surface area contributed by atoms with Crippen LogP contribution >= 0.6 is 0 Å². The minimum atomic E-state index is -3.73. The Bertz CT molecular complexity index is 1410. The van der Waals surface area contributed by atoms with Gasteiger partial charge < -0.3 is 9.47 Å². The number of hydrogen-bond donors (Lipinski definition) is 1. The quantitative estimate of drug-likeness (QED) is 0.516. The largest absolute Gasteiger partial charge is 0.484 e. The molecule has 0 radical (unpaired) electrons. The number of nitrogens with one attached hydrogen (secondary N) is 1. The molecule has 0 fully saturated rings. The zero-order valence-corrected chi connectivity index (χ0v) is 16.3. The van der Waals surface area contributed by atoms with Crippen LogP contribution in [0.1, 0.15) is 5.69 Å². The molecule has 1 aliphatic heterocycles. The van der Waals surface area contributed by atoms with Crippen molar-refractivity contribution in [1.29, 1.82) is 0 Å². The number of H-pyrrole nitrogens is 1. The van der Waals surface area contributed by atoms with E-state index >= 15 is 0 Å². The van der Waals surface area contributed by atoms with Gasteiger partial charge in [0.2, 0.25) is 9.84 Å². The summed E-state index contributed by atoms with van der Waals surface area (Å²) in [6.07, 6.45) is 4.00. The summed E-state index contributed by atoms with van der Waals surface area (Å²) in [6.45, 7) is 1.03. The SMILES string of the molecule is O=c1c2ccc(S(=O)(=O)c3cn[nH]c3)cc2cnn1Cc1ccc2c(n1)OCCO2. The summed E-state index contributed by atoms with van der Waals surface area (Å²) < 4.78 is 37.5. The van der Waals surface area contributed by atoms with Crippen molar-refractivity contribution in [2.24, 2.45) is 0 Å². The zero-order valence-electron chi connectivity index (χ0n) is 15.5. The number of fused-ring (bicyclic) bond motifs is 2.